The first-order chi connectivity index (χ1) is 8.71. The van der Waals surface area contributed by atoms with Gasteiger partial charge in [0.1, 0.15) is 0 Å². The first-order valence-electron chi connectivity index (χ1n) is 6.51. The fourth-order valence-corrected chi connectivity index (χ4v) is 2.18. The van der Waals surface area contributed by atoms with Gasteiger partial charge in [0.15, 0.2) is 0 Å². The van der Waals surface area contributed by atoms with Gasteiger partial charge in [-0.3, -0.25) is 0 Å². The maximum atomic E-state index is 6.01. The van der Waals surface area contributed by atoms with Crippen LogP contribution in [0.4, 0.5) is 0 Å². The predicted octanol–water partition coefficient (Wildman–Crippen LogP) is 4.37. The molecular weight excluding hydrogens is 258 g/mol. The lowest BCUT2D eigenvalue weighted by molar-refractivity contribution is 0.00578. The Morgan fingerprint density at radius 3 is 2.26 bits per heavy atom. The van der Waals surface area contributed by atoms with E-state index in [9.17, 15) is 0 Å². The van der Waals surface area contributed by atoms with Crippen LogP contribution in [0.1, 0.15) is 40.2 Å². The van der Waals surface area contributed by atoms with Crippen molar-refractivity contribution in [2.45, 2.75) is 45.8 Å². The lowest BCUT2D eigenvalue weighted by Gasteiger charge is -2.32. The highest BCUT2D eigenvalue weighted by atomic mass is 35.5. The van der Waals surface area contributed by atoms with E-state index in [1.165, 1.54) is 0 Å². The summed E-state index contributed by atoms with van der Waals surface area (Å²) in [4.78, 5) is 0. The van der Waals surface area contributed by atoms with Crippen molar-refractivity contribution < 1.29 is 9.31 Å². The molecule has 0 unspecified atom stereocenters. The molecular formula is C15H20BClO2. The number of halogens is 1. The molecule has 1 aliphatic heterocycles. The zero-order valence-electron chi connectivity index (χ0n) is 12.2. The third-order valence-corrected chi connectivity index (χ3v) is 4.17. The van der Waals surface area contributed by atoms with Crippen LogP contribution in [0.25, 0.3) is 5.57 Å². The standard InChI is InChI=1S/C15H20BClO2/c1-11(12-7-6-8-13(17)9-12)10-16-18-14(2,3)15(4,5)19-16/h6-10H,1-5H3/b11-10-. The fraction of sp³-hybridized carbons (Fsp3) is 0.467. The van der Waals surface area contributed by atoms with Gasteiger partial charge >= 0.3 is 7.12 Å². The van der Waals surface area contributed by atoms with Crippen LogP contribution in [0.2, 0.25) is 5.02 Å². The molecule has 0 radical (unpaired) electrons. The average Bonchev–Trinajstić information content (AvgIpc) is 2.46. The molecule has 4 heteroatoms. The molecule has 2 rings (SSSR count). The van der Waals surface area contributed by atoms with Crippen LogP contribution in [-0.4, -0.2) is 18.3 Å². The van der Waals surface area contributed by atoms with Crippen molar-refractivity contribution in [1.29, 1.82) is 0 Å². The van der Waals surface area contributed by atoms with Gasteiger partial charge < -0.3 is 9.31 Å². The van der Waals surface area contributed by atoms with Crippen molar-refractivity contribution in [2.24, 2.45) is 0 Å². The largest absolute Gasteiger partial charge is 0.487 e. The molecule has 1 heterocycles. The average molecular weight is 279 g/mol. The molecule has 0 spiro atoms. The van der Waals surface area contributed by atoms with E-state index < -0.39 is 0 Å². The number of benzene rings is 1. The van der Waals surface area contributed by atoms with Crippen LogP contribution in [0.15, 0.2) is 30.2 Å². The predicted molar refractivity (Wildman–Crippen MR) is 81.2 cm³/mol. The minimum atomic E-state index is -0.316. The molecule has 102 valence electrons. The molecule has 0 amide bonds. The van der Waals surface area contributed by atoms with Crippen molar-refractivity contribution in [1.82, 2.24) is 0 Å². The van der Waals surface area contributed by atoms with Gasteiger partial charge in [-0.25, -0.2) is 0 Å². The Bertz CT molecular complexity index is 493. The Kier molecular flexibility index (Phi) is 3.83. The normalized spacial score (nSPS) is 21.8. The summed E-state index contributed by atoms with van der Waals surface area (Å²) in [5, 5.41) is 0.735. The molecule has 1 aromatic carbocycles. The van der Waals surface area contributed by atoms with Crippen LogP contribution in [0.5, 0.6) is 0 Å². The van der Waals surface area contributed by atoms with Crippen molar-refractivity contribution in [3.63, 3.8) is 0 Å². The Morgan fingerprint density at radius 1 is 1.16 bits per heavy atom. The van der Waals surface area contributed by atoms with Crippen molar-refractivity contribution in [3.8, 4) is 0 Å². The molecule has 0 N–H and O–H groups in total. The molecule has 0 aromatic heterocycles. The van der Waals surface area contributed by atoms with Gasteiger partial charge in [0, 0.05) is 5.02 Å². The van der Waals surface area contributed by atoms with Crippen LogP contribution < -0.4 is 0 Å². The van der Waals surface area contributed by atoms with Gasteiger partial charge in [-0.1, -0.05) is 35.3 Å². The maximum absolute atomic E-state index is 6.01. The van der Waals surface area contributed by atoms with Crippen LogP contribution in [0.3, 0.4) is 0 Å². The van der Waals surface area contributed by atoms with Gasteiger partial charge in [-0.2, -0.15) is 0 Å². The molecule has 19 heavy (non-hydrogen) atoms. The van der Waals surface area contributed by atoms with E-state index in [1.54, 1.807) is 0 Å². The van der Waals surface area contributed by atoms with Gasteiger partial charge in [0.2, 0.25) is 0 Å². The highest BCUT2D eigenvalue weighted by Gasteiger charge is 2.50. The third kappa shape index (κ3) is 3.05. The van der Waals surface area contributed by atoms with E-state index >= 15 is 0 Å². The first-order valence-corrected chi connectivity index (χ1v) is 6.89. The van der Waals surface area contributed by atoms with Gasteiger partial charge in [0.05, 0.1) is 11.2 Å². The van der Waals surface area contributed by atoms with Crippen molar-refractivity contribution >= 4 is 24.3 Å². The number of hydrogen-bond acceptors (Lipinski definition) is 2. The summed E-state index contributed by atoms with van der Waals surface area (Å²) in [5.74, 6) is 2.00. The summed E-state index contributed by atoms with van der Waals surface area (Å²) in [6.07, 6.45) is 0. The fourth-order valence-electron chi connectivity index (χ4n) is 1.99. The lowest BCUT2D eigenvalue weighted by atomic mass is 9.85. The Labute approximate surface area is 120 Å². The molecule has 1 fully saturated rings. The van der Waals surface area contributed by atoms with E-state index in [-0.39, 0.29) is 18.3 Å². The molecule has 2 nitrogen and oxygen atoms in total. The minimum Gasteiger partial charge on any atom is -0.400 e. The Morgan fingerprint density at radius 2 is 1.74 bits per heavy atom. The second kappa shape index (κ2) is 4.97. The molecule has 0 bridgehead atoms. The number of allylic oxidation sites excluding steroid dienone is 1. The summed E-state index contributed by atoms with van der Waals surface area (Å²) in [7, 11) is -0.316. The smallest absolute Gasteiger partial charge is 0.400 e. The zero-order valence-corrected chi connectivity index (χ0v) is 12.9. The summed E-state index contributed by atoms with van der Waals surface area (Å²) < 4.78 is 11.9. The second-order valence-corrected chi connectivity index (χ2v) is 6.42. The Hall–Kier alpha value is -0.765. The summed E-state index contributed by atoms with van der Waals surface area (Å²) in [6, 6.07) is 7.79. The monoisotopic (exact) mass is 278 g/mol. The molecule has 1 aliphatic rings. The van der Waals surface area contributed by atoms with E-state index in [0.717, 1.165) is 16.2 Å². The SMILES string of the molecule is C/C(=C/B1OC(C)(C)C(C)(C)O1)c1cccc(Cl)c1. The zero-order chi connectivity index (χ0) is 14.3. The summed E-state index contributed by atoms with van der Waals surface area (Å²) in [5.41, 5.74) is 1.58. The van der Waals surface area contributed by atoms with Crippen LogP contribution in [0, 0.1) is 0 Å². The van der Waals surface area contributed by atoms with Crippen molar-refractivity contribution in [2.75, 3.05) is 0 Å². The van der Waals surface area contributed by atoms with Crippen molar-refractivity contribution in [3.05, 3.63) is 40.8 Å². The summed E-state index contributed by atoms with van der Waals surface area (Å²) >= 11 is 6.01. The highest BCUT2D eigenvalue weighted by Crippen LogP contribution is 2.37. The molecule has 1 aromatic rings. The molecule has 1 saturated heterocycles. The maximum Gasteiger partial charge on any atom is 0.487 e. The topological polar surface area (TPSA) is 18.5 Å². The van der Waals surface area contributed by atoms with Crippen LogP contribution >= 0.6 is 11.6 Å². The number of hydrogen-bond donors (Lipinski definition) is 0. The quantitative estimate of drug-likeness (QED) is 0.748. The molecule has 0 aliphatic carbocycles. The summed E-state index contributed by atoms with van der Waals surface area (Å²) in [6.45, 7) is 10.2. The van der Waals surface area contributed by atoms with E-state index in [4.69, 9.17) is 20.9 Å². The third-order valence-electron chi connectivity index (χ3n) is 3.94. The van der Waals surface area contributed by atoms with Gasteiger partial charge in [-0.15, -0.1) is 0 Å². The van der Waals surface area contributed by atoms with Gasteiger partial charge in [-0.05, 0) is 52.3 Å². The second-order valence-electron chi connectivity index (χ2n) is 5.98. The Balaban J connectivity index is 2.20. The van der Waals surface area contributed by atoms with E-state index in [2.05, 4.69) is 27.7 Å². The van der Waals surface area contributed by atoms with Gasteiger partial charge in [0.25, 0.3) is 0 Å². The van der Waals surface area contributed by atoms with E-state index in [0.29, 0.717) is 0 Å². The van der Waals surface area contributed by atoms with Crippen LogP contribution in [-0.2, 0) is 9.31 Å². The minimum absolute atomic E-state index is 0.303. The molecule has 0 saturated carbocycles. The molecule has 0 atom stereocenters. The first kappa shape index (κ1) is 14.6. The lowest BCUT2D eigenvalue weighted by Crippen LogP contribution is -2.41. The van der Waals surface area contributed by atoms with E-state index in [1.807, 2.05) is 37.2 Å². The highest BCUT2D eigenvalue weighted by molar-refractivity contribution is 6.53. The number of rotatable bonds is 2.